The third-order valence-corrected chi connectivity index (χ3v) is 3.71. The molecule has 1 fully saturated rings. The molecule has 4 heteroatoms. The fraction of sp³-hybridized carbons (Fsp3) is 0.909. The van der Waals surface area contributed by atoms with E-state index in [2.05, 4.69) is 6.92 Å². The van der Waals surface area contributed by atoms with Gasteiger partial charge in [0.25, 0.3) is 0 Å². The standard InChI is InChI=1S/C11H22N2OS/c1-9-8-13(6-7-15-9)10(14)4-5-11(2,3)12/h9H,4-8,12H2,1-3H3. The van der Waals surface area contributed by atoms with Gasteiger partial charge in [-0.3, -0.25) is 4.79 Å². The first-order chi connectivity index (χ1) is 6.88. The number of nitrogens with two attached hydrogens (primary N) is 1. The molecule has 0 aromatic carbocycles. The van der Waals surface area contributed by atoms with Crippen LogP contribution in [0.3, 0.4) is 0 Å². The van der Waals surface area contributed by atoms with Crippen LogP contribution in [0.5, 0.6) is 0 Å². The lowest BCUT2D eigenvalue weighted by Crippen LogP contribution is -2.42. The molecule has 1 aliphatic heterocycles. The third kappa shape index (κ3) is 4.89. The molecule has 1 heterocycles. The van der Waals surface area contributed by atoms with Crippen LogP contribution in [0.1, 0.15) is 33.6 Å². The highest BCUT2D eigenvalue weighted by Gasteiger charge is 2.22. The van der Waals surface area contributed by atoms with Gasteiger partial charge >= 0.3 is 0 Å². The van der Waals surface area contributed by atoms with Gasteiger partial charge in [0.15, 0.2) is 0 Å². The fourth-order valence-electron chi connectivity index (χ4n) is 1.63. The average Bonchev–Trinajstić information content (AvgIpc) is 2.13. The SMILES string of the molecule is CC1CN(C(=O)CCC(C)(C)N)CCS1. The van der Waals surface area contributed by atoms with Crippen molar-refractivity contribution in [2.45, 2.75) is 44.4 Å². The summed E-state index contributed by atoms with van der Waals surface area (Å²) in [5, 5.41) is 0.577. The Morgan fingerprint density at radius 2 is 2.27 bits per heavy atom. The summed E-state index contributed by atoms with van der Waals surface area (Å²) in [5.41, 5.74) is 5.64. The summed E-state index contributed by atoms with van der Waals surface area (Å²) in [7, 11) is 0. The van der Waals surface area contributed by atoms with Crippen LogP contribution in [0.15, 0.2) is 0 Å². The molecule has 88 valence electrons. The monoisotopic (exact) mass is 230 g/mol. The molecule has 1 amide bonds. The van der Waals surface area contributed by atoms with E-state index in [9.17, 15) is 4.79 Å². The Morgan fingerprint density at radius 3 is 2.80 bits per heavy atom. The number of carbonyl (C=O) groups is 1. The molecule has 0 saturated carbocycles. The van der Waals surface area contributed by atoms with E-state index in [4.69, 9.17) is 5.73 Å². The molecule has 0 spiro atoms. The van der Waals surface area contributed by atoms with Crippen LogP contribution < -0.4 is 5.73 Å². The molecule has 15 heavy (non-hydrogen) atoms. The second-order valence-corrected chi connectivity index (χ2v) is 6.56. The first kappa shape index (κ1) is 12.8. The first-order valence-electron chi connectivity index (χ1n) is 5.57. The summed E-state index contributed by atoms with van der Waals surface area (Å²) in [6, 6.07) is 0. The Kier molecular flexibility index (Phi) is 4.46. The van der Waals surface area contributed by atoms with E-state index in [1.165, 1.54) is 0 Å². The Labute approximate surface area is 96.8 Å². The van der Waals surface area contributed by atoms with Gasteiger partial charge in [0, 0.05) is 36.1 Å². The van der Waals surface area contributed by atoms with Crippen LogP contribution in [0.4, 0.5) is 0 Å². The Hall–Kier alpha value is -0.220. The van der Waals surface area contributed by atoms with Crippen molar-refractivity contribution in [3.63, 3.8) is 0 Å². The van der Waals surface area contributed by atoms with Gasteiger partial charge in [-0.2, -0.15) is 11.8 Å². The Morgan fingerprint density at radius 1 is 1.60 bits per heavy atom. The molecular formula is C11H22N2OS. The van der Waals surface area contributed by atoms with E-state index in [0.29, 0.717) is 11.7 Å². The normalized spacial score (nSPS) is 22.9. The predicted octanol–water partition coefficient (Wildman–Crippen LogP) is 1.47. The second kappa shape index (κ2) is 5.21. The molecular weight excluding hydrogens is 208 g/mol. The Balaban J connectivity index is 2.33. The van der Waals surface area contributed by atoms with E-state index in [1.54, 1.807) is 0 Å². The third-order valence-electron chi connectivity index (χ3n) is 2.58. The highest BCUT2D eigenvalue weighted by atomic mass is 32.2. The molecule has 1 saturated heterocycles. The average molecular weight is 230 g/mol. The van der Waals surface area contributed by atoms with Gasteiger partial charge in [-0.05, 0) is 20.3 Å². The van der Waals surface area contributed by atoms with Crippen molar-refractivity contribution in [1.82, 2.24) is 4.90 Å². The molecule has 0 radical (unpaired) electrons. The van der Waals surface area contributed by atoms with E-state index in [-0.39, 0.29) is 11.4 Å². The van der Waals surface area contributed by atoms with Gasteiger partial charge < -0.3 is 10.6 Å². The zero-order valence-corrected chi connectivity index (χ0v) is 10.8. The lowest BCUT2D eigenvalue weighted by atomic mass is 10.00. The number of hydrogen-bond donors (Lipinski definition) is 1. The zero-order chi connectivity index (χ0) is 11.5. The molecule has 0 aromatic heterocycles. The molecule has 1 unspecified atom stereocenters. The summed E-state index contributed by atoms with van der Waals surface area (Å²) < 4.78 is 0. The van der Waals surface area contributed by atoms with Crippen molar-refractivity contribution in [3.8, 4) is 0 Å². The quantitative estimate of drug-likeness (QED) is 0.798. The van der Waals surface area contributed by atoms with Gasteiger partial charge in [0.05, 0.1) is 0 Å². The summed E-state index contributed by atoms with van der Waals surface area (Å²) >= 11 is 1.94. The molecule has 3 nitrogen and oxygen atoms in total. The smallest absolute Gasteiger partial charge is 0.222 e. The maximum Gasteiger partial charge on any atom is 0.222 e. The molecule has 1 atom stereocenters. The predicted molar refractivity (Wildman–Crippen MR) is 66.0 cm³/mol. The van der Waals surface area contributed by atoms with E-state index in [1.807, 2.05) is 30.5 Å². The summed E-state index contributed by atoms with van der Waals surface area (Å²) in [5.74, 6) is 1.33. The van der Waals surface area contributed by atoms with Crippen molar-refractivity contribution >= 4 is 17.7 Å². The molecule has 2 N–H and O–H groups in total. The van der Waals surface area contributed by atoms with Crippen molar-refractivity contribution in [3.05, 3.63) is 0 Å². The number of hydrogen-bond acceptors (Lipinski definition) is 3. The number of thioether (sulfide) groups is 1. The van der Waals surface area contributed by atoms with E-state index < -0.39 is 0 Å². The van der Waals surface area contributed by atoms with Crippen LogP contribution in [-0.2, 0) is 4.79 Å². The number of nitrogens with zero attached hydrogens (tertiary/aromatic N) is 1. The summed E-state index contributed by atoms with van der Waals surface area (Å²) in [6.07, 6.45) is 1.35. The molecule has 1 aliphatic rings. The van der Waals surface area contributed by atoms with Crippen LogP contribution in [0.2, 0.25) is 0 Å². The lowest BCUT2D eigenvalue weighted by molar-refractivity contribution is -0.131. The number of carbonyl (C=O) groups excluding carboxylic acids is 1. The molecule has 0 aromatic rings. The maximum absolute atomic E-state index is 11.9. The maximum atomic E-state index is 11.9. The number of amides is 1. The lowest BCUT2D eigenvalue weighted by Gasteiger charge is -2.31. The highest BCUT2D eigenvalue weighted by Crippen LogP contribution is 2.19. The Bertz CT molecular complexity index is 225. The second-order valence-electron chi connectivity index (χ2n) is 5.01. The van der Waals surface area contributed by atoms with E-state index in [0.717, 1.165) is 25.3 Å². The fourth-order valence-corrected chi connectivity index (χ4v) is 2.65. The molecule has 0 bridgehead atoms. The largest absolute Gasteiger partial charge is 0.341 e. The summed E-state index contributed by atoms with van der Waals surface area (Å²) in [6.45, 7) is 7.91. The first-order valence-corrected chi connectivity index (χ1v) is 6.61. The highest BCUT2D eigenvalue weighted by molar-refractivity contribution is 7.99. The van der Waals surface area contributed by atoms with E-state index >= 15 is 0 Å². The molecule has 1 rings (SSSR count). The van der Waals surface area contributed by atoms with Gasteiger partial charge in [-0.15, -0.1) is 0 Å². The van der Waals surface area contributed by atoms with Crippen LogP contribution in [0, 0.1) is 0 Å². The van der Waals surface area contributed by atoms with Gasteiger partial charge in [0.2, 0.25) is 5.91 Å². The molecule has 0 aliphatic carbocycles. The minimum atomic E-state index is -0.230. The minimum Gasteiger partial charge on any atom is -0.341 e. The minimum absolute atomic E-state index is 0.230. The van der Waals surface area contributed by atoms with Crippen LogP contribution in [-0.4, -0.2) is 40.4 Å². The van der Waals surface area contributed by atoms with Crippen LogP contribution >= 0.6 is 11.8 Å². The topological polar surface area (TPSA) is 46.3 Å². The summed E-state index contributed by atoms with van der Waals surface area (Å²) in [4.78, 5) is 13.8. The van der Waals surface area contributed by atoms with Crippen molar-refractivity contribution in [2.75, 3.05) is 18.8 Å². The van der Waals surface area contributed by atoms with Crippen LogP contribution in [0.25, 0.3) is 0 Å². The van der Waals surface area contributed by atoms with Crippen molar-refractivity contribution < 1.29 is 4.79 Å². The van der Waals surface area contributed by atoms with Gasteiger partial charge in [-0.25, -0.2) is 0 Å². The van der Waals surface area contributed by atoms with Crippen molar-refractivity contribution in [1.29, 1.82) is 0 Å². The van der Waals surface area contributed by atoms with Gasteiger partial charge in [-0.1, -0.05) is 6.92 Å². The van der Waals surface area contributed by atoms with Gasteiger partial charge in [0.1, 0.15) is 0 Å². The zero-order valence-electron chi connectivity index (χ0n) is 9.95. The number of rotatable bonds is 3. The van der Waals surface area contributed by atoms with Crippen molar-refractivity contribution in [2.24, 2.45) is 5.73 Å².